The lowest BCUT2D eigenvalue weighted by molar-refractivity contribution is 0.674. The normalized spacial score (nSPS) is 14.7. The van der Waals surface area contributed by atoms with Crippen molar-refractivity contribution in [2.24, 2.45) is 9.98 Å². The van der Waals surface area contributed by atoms with Gasteiger partial charge in [0.1, 0.15) is 17.8 Å². The van der Waals surface area contributed by atoms with Gasteiger partial charge in [-0.15, -0.1) is 0 Å². The van der Waals surface area contributed by atoms with Gasteiger partial charge in [0, 0.05) is 28.1 Å². The van der Waals surface area contributed by atoms with Crippen LogP contribution in [0.25, 0.3) is 59.9 Å². The van der Waals surface area contributed by atoms with E-state index in [-0.39, 0.29) is 6.17 Å². The highest BCUT2D eigenvalue weighted by Crippen LogP contribution is 2.40. The van der Waals surface area contributed by atoms with Crippen LogP contribution in [-0.4, -0.2) is 21.2 Å². The molecule has 230 valence electrons. The van der Waals surface area contributed by atoms with Crippen molar-refractivity contribution in [1.82, 2.24) is 14.9 Å². The van der Waals surface area contributed by atoms with Crippen LogP contribution < -0.4 is 5.32 Å². The van der Waals surface area contributed by atoms with E-state index in [0.717, 1.165) is 39.4 Å². The average Bonchev–Trinajstić information content (AvgIpc) is 3.53. The zero-order valence-electron chi connectivity index (χ0n) is 26.5. The van der Waals surface area contributed by atoms with Crippen molar-refractivity contribution < 1.29 is 0 Å². The van der Waals surface area contributed by atoms with Crippen LogP contribution in [-0.2, 0) is 0 Å². The topological polar surface area (TPSA) is 54.6 Å². The summed E-state index contributed by atoms with van der Waals surface area (Å²) in [6.45, 7) is 0. The second kappa shape index (κ2) is 11.0. The molecule has 2 aromatic heterocycles. The van der Waals surface area contributed by atoms with Crippen LogP contribution in [0.15, 0.2) is 174 Å². The van der Waals surface area contributed by atoms with Crippen molar-refractivity contribution in [3.63, 3.8) is 0 Å². The first-order valence-electron chi connectivity index (χ1n) is 16.6. The van der Waals surface area contributed by atoms with Gasteiger partial charge in [0.2, 0.25) is 0 Å². The number of amidine groups is 2. The summed E-state index contributed by atoms with van der Waals surface area (Å²) in [6.07, 6.45) is 1.62. The summed E-state index contributed by atoms with van der Waals surface area (Å²) in [5.74, 6) is 2.28. The Kier molecular flexibility index (Phi) is 6.18. The molecule has 10 rings (SSSR count). The molecule has 0 bridgehead atoms. The van der Waals surface area contributed by atoms with Crippen LogP contribution in [0.3, 0.4) is 0 Å². The molecule has 5 nitrogen and oxygen atoms in total. The van der Waals surface area contributed by atoms with Gasteiger partial charge in [-0.3, -0.25) is 4.57 Å². The van der Waals surface area contributed by atoms with E-state index in [0.29, 0.717) is 5.84 Å². The maximum absolute atomic E-state index is 5.09. The number of hydrogen-bond acceptors (Lipinski definition) is 4. The molecule has 3 heterocycles. The van der Waals surface area contributed by atoms with Gasteiger partial charge in [0.25, 0.3) is 0 Å². The van der Waals surface area contributed by atoms with E-state index in [4.69, 9.17) is 15.0 Å². The monoisotopic (exact) mass is 627 g/mol. The Morgan fingerprint density at radius 2 is 1.10 bits per heavy atom. The fraction of sp³-hybridized carbons (Fsp3) is 0.0227. The Balaban J connectivity index is 1.13. The van der Waals surface area contributed by atoms with Crippen molar-refractivity contribution in [3.05, 3.63) is 181 Å². The van der Waals surface area contributed by atoms with Crippen molar-refractivity contribution in [2.75, 3.05) is 0 Å². The van der Waals surface area contributed by atoms with Gasteiger partial charge in [-0.05, 0) is 68.2 Å². The van der Waals surface area contributed by atoms with Crippen LogP contribution >= 0.6 is 0 Å². The number of rotatable bonds is 4. The Hall–Kier alpha value is -6.59. The van der Waals surface area contributed by atoms with E-state index >= 15 is 0 Å². The zero-order chi connectivity index (χ0) is 32.3. The molecule has 1 aliphatic heterocycles. The lowest BCUT2D eigenvalue weighted by atomic mass is 10.00. The number of aromatic nitrogens is 2. The van der Waals surface area contributed by atoms with Crippen LogP contribution in [0.5, 0.6) is 0 Å². The molecule has 0 saturated carbocycles. The Labute approximate surface area is 282 Å². The fourth-order valence-electron chi connectivity index (χ4n) is 7.31. The zero-order valence-corrected chi connectivity index (χ0v) is 26.5. The molecule has 1 unspecified atom stereocenters. The molecule has 1 N–H and O–H groups in total. The maximum atomic E-state index is 5.09. The smallest absolute Gasteiger partial charge is 0.160 e. The highest BCUT2D eigenvalue weighted by molar-refractivity contribution is 6.28. The van der Waals surface area contributed by atoms with Crippen molar-refractivity contribution in [3.8, 4) is 5.82 Å². The molecule has 0 saturated heterocycles. The average molecular weight is 628 g/mol. The molecular weight excluding hydrogens is 599 g/mol. The van der Waals surface area contributed by atoms with Crippen LogP contribution in [0.1, 0.15) is 22.9 Å². The van der Waals surface area contributed by atoms with Gasteiger partial charge in [-0.1, -0.05) is 127 Å². The van der Waals surface area contributed by atoms with Gasteiger partial charge >= 0.3 is 0 Å². The molecule has 0 spiro atoms. The van der Waals surface area contributed by atoms with Crippen LogP contribution in [0, 0.1) is 0 Å². The minimum absolute atomic E-state index is 0.284. The van der Waals surface area contributed by atoms with Crippen LogP contribution in [0.2, 0.25) is 0 Å². The van der Waals surface area contributed by atoms with E-state index in [9.17, 15) is 0 Å². The van der Waals surface area contributed by atoms with E-state index < -0.39 is 0 Å². The second-order valence-electron chi connectivity index (χ2n) is 12.5. The summed E-state index contributed by atoms with van der Waals surface area (Å²) in [7, 11) is 0. The third-order valence-corrected chi connectivity index (χ3v) is 9.66. The second-order valence-corrected chi connectivity index (χ2v) is 12.5. The molecular formula is C44H29N5. The Bertz CT molecular complexity index is 2700. The van der Waals surface area contributed by atoms with Crippen molar-refractivity contribution in [1.29, 1.82) is 0 Å². The lowest BCUT2D eigenvalue weighted by Crippen LogP contribution is -2.33. The highest BCUT2D eigenvalue weighted by Gasteiger charge is 2.22. The largest absolute Gasteiger partial charge is 0.344 e. The molecule has 49 heavy (non-hydrogen) atoms. The summed E-state index contributed by atoms with van der Waals surface area (Å²) in [6, 6.07) is 55.5. The standard InChI is InChI=1S/C44H29N5/c1-2-13-31(14-3-1)42-46-43(33-19-18-28-10-4-5-15-32(28)26-33)48-44(47-42)34-22-25-39(45-27-34)49-37-23-20-29-11-6-8-16-35(29)40(37)41-36-17-9-7-12-30(36)21-24-38(41)49/h1-27,42H,(H,46,47,48). The fourth-order valence-corrected chi connectivity index (χ4v) is 7.31. The van der Waals surface area contributed by atoms with Crippen molar-refractivity contribution >= 4 is 65.8 Å². The summed E-state index contributed by atoms with van der Waals surface area (Å²) in [5.41, 5.74) is 5.21. The quantitative estimate of drug-likeness (QED) is 0.211. The molecule has 0 aliphatic carbocycles. The third-order valence-electron chi connectivity index (χ3n) is 9.66. The summed E-state index contributed by atoms with van der Waals surface area (Å²) >= 11 is 0. The minimum Gasteiger partial charge on any atom is -0.344 e. The number of hydrogen-bond donors (Lipinski definition) is 1. The van der Waals surface area contributed by atoms with Crippen LogP contribution in [0.4, 0.5) is 0 Å². The van der Waals surface area contributed by atoms with Gasteiger partial charge in [-0.2, -0.15) is 0 Å². The van der Waals surface area contributed by atoms with E-state index in [1.165, 1.54) is 43.1 Å². The Morgan fingerprint density at radius 3 is 1.78 bits per heavy atom. The number of nitrogens with zero attached hydrogens (tertiary/aromatic N) is 4. The highest BCUT2D eigenvalue weighted by atomic mass is 15.2. The SMILES string of the molecule is c1ccc(C2N=C(c3ccc(-n4c5ccc6ccccc6c5c5c6ccccc6ccc54)nc3)N=C(c3ccc4ccccc4c3)N2)cc1. The van der Waals surface area contributed by atoms with Crippen molar-refractivity contribution in [2.45, 2.75) is 6.17 Å². The molecule has 0 amide bonds. The van der Waals surface area contributed by atoms with Gasteiger partial charge in [0.05, 0.1) is 11.0 Å². The first kappa shape index (κ1) is 27.5. The van der Waals surface area contributed by atoms with Gasteiger partial charge in [0.15, 0.2) is 5.84 Å². The predicted molar refractivity (Wildman–Crippen MR) is 203 cm³/mol. The number of fused-ring (bicyclic) bond motifs is 8. The molecule has 9 aromatic rings. The molecule has 5 heteroatoms. The maximum Gasteiger partial charge on any atom is 0.160 e. The van der Waals surface area contributed by atoms with Gasteiger partial charge < -0.3 is 5.32 Å². The number of aliphatic imine (C=N–C) groups is 2. The van der Waals surface area contributed by atoms with E-state index in [1.54, 1.807) is 0 Å². The number of nitrogens with one attached hydrogen (secondary N) is 1. The molecule has 1 aliphatic rings. The summed E-state index contributed by atoms with van der Waals surface area (Å²) in [5, 5.41) is 13.4. The lowest BCUT2D eigenvalue weighted by Gasteiger charge is -2.23. The summed E-state index contributed by atoms with van der Waals surface area (Å²) in [4.78, 5) is 15.3. The molecule has 0 radical (unpaired) electrons. The molecule has 0 fully saturated rings. The summed E-state index contributed by atoms with van der Waals surface area (Å²) < 4.78 is 2.29. The number of benzene rings is 7. The third kappa shape index (κ3) is 4.51. The first-order valence-corrected chi connectivity index (χ1v) is 16.6. The van der Waals surface area contributed by atoms with E-state index in [2.05, 4.69) is 149 Å². The number of pyridine rings is 1. The molecule has 7 aromatic carbocycles. The Morgan fingerprint density at radius 1 is 0.510 bits per heavy atom. The van der Waals surface area contributed by atoms with Gasteiger partial charge in [-0.25, -0.2) is 15.0 Å². The molecule has 1 atom stereocenters. The minimum atomic E-state index is -0.284. The first-order chi connectivity index (χ1) is 24.3. The predicted octanol–water partition coefficient (Wildman–Crippen LogP) is 10.1. The van der Waals surface area contributed by atoms with E-state index in [1.807, 2.05) is 24.4 Å².